The van der Waals surface area contributed by atoms with E-state index in [1.165, 1.54) is 6.07 Å². The second-order valence-corrected chi connectivity index (χ2v) is 4.09. The van der Waals surface area contributed by atoms with Gasteiger partial charge in [0.1, 0.15) is 5.69 Å². The van der Waals surface area contributed by atoms with E-state index >= 15 is 0 Å². The number of nitrogen functional groups attached to an aromatic ring is 1. The number of alkyl halides is 3. The van der Waals surface area contributed by atoms with E-state index in [0.29, 0.717) is 5.39 Å². The van der Waals surface area contributed by atoms with Gasteiger partial charge in [-0.15, -0.1) is 0 Å². The van der Waals surface area contributed by atoms with Gasteiger partial charge in [-0.2, -0.15) is 13.2 Å². The van der Waals surface area contributed by atoms with E-state index in [9.17, 15) is 13.2 Å². The van der Waals surface area contributed by atoms with E-state index in [2.05, 4.69) is 4.98 Å². The molecular weight excluding hydrogens is 253 g/mol. The van der Waals surface area contributed by atoms with E-state index in [-0.39, 0.29) is 16.2 Å². The third kappa shape index (κ3) is 2.02. The lowest BCUT2D eigenvalue weighted by Crippen LogP contribution is -2.09. The van der Waals surface area contributed by atoms with E-state index in [1.54, 1.807) is 13.0 Å². The molecule has 0 saturated heterocycles. The average molecular weight is 261 g/mol. The van der Waals surface area contributed by atoms with Gasteiger partial charge in [0.15, 0.2) is 0 Å². The predicted octanol–water partition coefficient (Wildman–Crippen LogP) is 3.80. The van der Waals surface area contributed by atoms with Crippen LogP contribution >= 0.6 is 11.6 Å². The Hall–Kier alpha value is -1.49. The molecule has 0 bridgehead atoms. The first kappa shape index (κ1) is 12.0. The normalized spacial score (nSPS) is 12.1. The maximum atomic E-state index is 12.6. The Labute approximate surface area is 100 Å². The first-order valence-electron chi connectivity index (χ1n) is 4.73. The second-order valence-electron chi connectivity index (χ2n) is 3.68. The number of nitrogens with zero attached hydrogens (tertiary/aromatic N) is 1. The van der Waals surface area contributed by atoms with Crippen LogP contribution in [-0.2, 0) is 6.18 Å². The molecule has 0 fully saturated rings. The molecule has 6 heteroatoms. The van der Waals surface area contributed by atoms with Crippen LogP contribution in [0.3, 0.4) is 0 Å². The molecule has 0 atom stereocenters. The highest BCUT2D eigenvalue weighted by Crippen LogP contribution is 2.35. The fourth-order valence-corrected chi connectivity index (χ4v) is 1.86. The van der Waals surface area contributed by atoms with Crippen molar-refractivity contribution in [3.05, 3.63) is 34.5 Å². The zero-order valence-corrected chi connectivity index (χ0v) is 9.52. The van der Waals surface area contributed by atoms with Crippen LogP contribution in [0, 0.1) is 6.92 Å². The van der Waals surface area contributed by atoms with Crippen molar-refractivity contribution in [1.29, 1.82) is 0 Å². The summed E-state index contributed by atoms with van der Waals surface area (Å²) in [6, 6.07) is 4.02. The number of anilines is 1. The first-order valence-corrected chi connectivity index (χ1v) is 5.11. The average Bonchev–Trinajstić information content (AvgIpc) is 2.21. The second kappa shape index (κ2) is 3.77. The zero-order valence-electron chi connectivity index (χ0n) is 8.77. The quantitative estimate of drug-likeness (QED) is 0.782. The summed E-state index contributed by atoms with van der Waals surface area (Å²) in [5.41, 5.74) is 5.44. The molecule has 0 radical (unpaired) electrons. The van der Waals surface area contributed by atoms with E-state index in [0.717, 1.165) is 11.6 Å². The molecule has 1 heterocycles. The zero-order chi connectivity index (χ0) is 12.8. The number of hydrogen-bond acceptors (Lipinski definition) is 2. The number of nitrogens with two attached hydrogens (primary N) is 1. The number of halogens is 4. The van der Waals surface area contributed by atoms with Crippen LogP contribution in [0.15, 0.2) is 18.2 Å². The lowest BCUT2D eigenvalue weighted by atomic mass is 10.1. The van der Waals surface area contributed by atoms with Gasteiger partial charge in [-0.1, -0.05) is 17.7 Å². The molecule has 0 amide bonds. The molecule has 2 nitrogen and oxygen atoms in total. The SMILES string of the molecule is Cc1ccc(Cl)c2nc(C(F)(F)F)cc(N)c12. The molecule has 2 aromatic rings. The van der Waals surface area contributed by atoms with Gasteiger partial charge in [0, 0.05) is 11.1 Å². The Morgan fingerprint density at radius 2 is 1.94 bits per heavy atom. The van der Waals surface area contributed by atoms with Crippen molar-refractivity contribution in [2.75, 3.05) is 5.73 Å². The van der Waals surface area contributed by atoms with Gasteiger partial charge in [0.25, 0.3) is 0 Å². The van der Waals surface area contributed by atoms with Crippen LogP contribution in [0.2, 0.25) is 5.02 Å². The van der Waals surface area contributed by atoms with Gasteiger partial charge in [0.05, 0.1) is 10.5 Å². The van der Waals surface area contributed by atoms with Crippen LogP contribution in [0.4, 0.5) is 18.9 Å². The molecule has 0 spiro atoms. The topological polar surface area (TPSA) is 38.9 Å². The molecule has 0 saturated carbocycles. The van der Waals surface area contributed by atoms with Gasteiger partial charge in [-0.05, 0) is 24.6 Å². The highest BCUT2D eigenvalue weighted by atomic mass is 35.5. The molecule has 0 aliphatic carbocycles. The third-order valence-electron chi connectivity index (χ3n) is 2.44. The minimum Gasteiger partial charge on any atom is -0.398 e. The Morgan fingerprint density at radius 3 is 2.53 bits per heavy atom. The van der Waals surface area contributed by atoms with Gasteiger partial charge in [-0.25, -0.2) is 4.98 Å². The highest BCUT2D eigenvalue weighted by molar-refractivity contribution is 6.35. The number of rotatable bonds is 0. The van der Waals surface area contributed by atoms with Crippen LogP contribution < -0.4 is 5.73 Å². The first-order chi connectivity index (χ1) is 7.80. The summed E-state index contributed by atoms with van der Waals surface area (Å²) < 4.78 is 37.7. The number of fused-ring (bicyclic) bond motifs is 1. The number of benzene rings is 1. The molecular formula is C11H8ClF3N2. The third-order valence-corrected chi connectivity index (χ3v) is 2.75. The van der Waals surface area contributed by atoms with E-state index in [1.807, 2.05) is 0 Å². The summed E-state index contributed by atoms with van der Waals surface area (Å²) >= 11 is 5.84. The van der Waals surface area contributed by atoms with E-state index < -0.39 is 11.9 Å². The highest BCUT2D eigenvalue weighted by Gasteiger charge is 2.33. The smallest absolute Gasteiger partial charge is 0.398 e. The Bertz CT molecular complexity index is 593. The number of aromatic nitrogens is 1. The van der Waals surface area contributed by atoms with Crippen molar-refractivity contribution >= 4 is 28.2 Å². The van der Waals surface area contributed by atoms with Gasteiger partial charge in [0.2, 0.25) is 0 Å². The van der Waals surface area contributed by atoms with Crippen LogP contribution in [0.5, 0.6) is 0 Å². The maximum absolute atomic E-state index is 12.6. The van der Waals surface area contributed by atoms with Crippen molar-refractivity contribution in [2.24, 2.45) is 0 Å². The molecule has 90 valence electrons. The maximum Gasteiger partial charge on any atom is 0.433 e. The molecule has 0 aliphatic heterocycles. The fraction of sp³-hybridized carbons (Fsp3) is 0.182. The summed E-state index contributed by atoms with van der Waals surface area (Å²) in [7, 11) is 0. The minimum atomic E-state index is -4.53. The Morgan fingerprint density at radius 1 is 1.29 bits per heavy atom. The summed E-state index contributed by atoms with van der Waals surface area (Å²) in [6.45, 7) is 1.74. The number of hydrogen-bond donors (Lipinski definition) is 1. The van der Waals surface area contributed by atoms with Gasteiger partial charge >= 0.3 is 6.18 Å². The van der Waals surface area contributed by atoms with Gasteiger partial charge in [-0.3, -0.25) is 0 Å². The lowest BCUT2D eigenvalue weighted by Gasteiger charge is -2.11. The molecule has 17 heavy (non-hydrogen) atoms. The van der Waals surface area contributed by atoms with Crippen LogP contribution in [0.1, 0.15) is 11.3 Å². The molecule has 2 rings (SSSR count). The summed E-state index contributed by atoms with van der Waals surface area (Å²) in [6.07, 6.45) is -4.53. The van der Waals surface area contributed by atoms with Crippen molar-refractivity contribution in [3.8, 4) is 0 Å². The van der Waals surface area contributed by atoms with Crippen molar-refractivity contribution in [3.63, 3.8) is 0 Å². The van der Waals surface area contributed by atoms with Crippen molar-refractivity contribution < 1.29 is 13.2 Å². The monoisotopic (exact) mass is 260 g/mol. The Kier molecular flexibility index (Phi) is 2.66. The largest absolute Gasteiger partial charge is 0.433 e. The van der Waals surface area contributed by atoms with Crippen molar-refractivity contribution in [1.82, 2.24) is 4.98 Å². The molecule has 1 aromatic heterocycles. The number of aryl methyl sites for hydroxylation is 1. The molecule has 0 unspecified atom stereocenters. The molecule has 1 aromatic carbocycles. The predicted molar refractivity (Wildman–Crippen MR) is 60.9 cm³/mol. The van der Waals surface area contributed by atoms with Crippen LogP contribution in [0.25, 0.3) is 10.9 Å². The van der Waals surface area contributed by atoms with Crippen LogP contribution in [-0.4, -0.2) is 4.98 Å². The summed E-state index contributed by atoms with van der Waals surface area (Å²) in [5, 5.41) is 0.619. The van der Waals surface area contributed by atoms with E-state index in [4.69, 9.17) is 17.3 Å². The number of pyridine rings is 1. The summed E-state index contributed by atoms with van der Waals surface area (Å²) in [5.74, 6) is 0. The van der Waals surface area contributed by atoms with Crippen molar-refractivity contribution in [2.45, 2.75) is 13.1 Å². The molecule has 2 N–H and O–H groups in total. The molecule has 0 aliphatic rings. The summed E-state index contributed by atoms with van der Waals surface area (Å²) in [4.78, 5) is 3.53. The Balaban J connectivity index is 2.87. The minimum absolute atomic E-state index is 0.0299. The fourth-order valence-electron chi connectivity index (χ4n) is 1.66. The standard InChI is InChI=1S/C11H8ClF3N2/c1-5-2-3-6(12)10-9(5)7(16)4-8(17-10)11(13,14)15/h2-4H,1H3,(H2,16,17). The lowest BCUT2D eigenvalue weighted by molar-refractivity contribution is -0.140. The van der Waals surface area contributed by atoms with Gasteiger partial charge < -0.3 is 5.73 Å².